The second-order valence-electron chi connectivity index (χ2n) is 6.00. The smallest absolute Gasteiger partial charge is 0.238 e. The number of halogens is 2. The number of ether oxygens (including phenoxy) is 2. The predicted octanol–water partition coefficient (Wildman–Crippen LogP) is 4.09. The second-order valence-corrected chi connectivity index (χ2v) is 6.84. The van der Waals surface area contributed by atoms with Crippen LogP contribution in [0.3, 0.4) is 0 Å². The monoisotopic (exact) mass is 394 g/mol. The van der Waals surface area contributed by atoms with Gasteiger partial charge in [-0.05, 0) is 36.9 Å². The number of hydrogen-bond acceptors (Lipinski definition) is 4. The molecule has 2 aromatic carbocycles. The van der Waals surface area contributed by atoms with Crippen LogP contribution < -0.4 is 14.8 Å². The third kappa shape index (κ3) is 4.81. The number of carbonyl (C=O) groups is 1. The molecule has 0 saturated carbocycles. The van der Waals surface area contributed by atoms with Crippen LogP contribution in [-0.4, -0.2) is 43.2 Å². The van der Waals surface area contributed by atoms with E-state index in [0.29, 0.717) is 35.4 Å². The number of rotatable bonds is 6. The first-order chi connectivity index (χ1) is 12.5. The van der Waals surface area contributed by atoms with Crippen molar-refractivity contribution in [1.29, 1.82) is 0 Å². The first-order valence-corrected chi connectivity index (χ1v) is 9.16. The fourth-order valence-electron chi connectivity index (χ4n) is 2.73. The Morgan fingerprint density at radius 3 is 2.77 bits per heavy atom. The summed E-state index contributed by atoms with van der Waals surface area (Å²) >= 11 is 12.0. The molecule has 138 valence electrons. The van der Waals surface area contributed by atoms with Crippen LogP contribution in [0.5, 0.6) is 11.5 Å². The van der Waals surface area contributed by atoms with Crippen molar-refractivity contribution >= 4 is 34.8 Å². The first kappa shape index (κ1) is 18.8. The van der Waals surface area contributed by atoms with E-state index < -0.39 is 0 Å². The van der Waals surface area contributed by atoms with E-state index in [4.69, 9.17) is 32.7 Å². The van der Waals surface area contributed by atoms with E-state index in [-0.39, 0.29) is 18.6 Å². The lowest BCUT2D eigenvalue weighted by atomic mass is 10.2. The van der Waals surface area contributed by atoms with Gasteiger partial charge in [-0.3, -0.25) is 9.69 Å². The summed E-state index contributed by atoms with van der Waals surface area (Å²) in [6.45, 7) is 3.97. The Balaban J connectivity index is 1.56. The Kier molecular flexibility index (Phi) is 6.25. The highest BCUT2D eigenvalue weighted by Gasteiger charge is 2.23. The molecule has 26 heavy (non-hydrogen) atoms. The van der Waals surface area contributed by atoms with Gasteiger partial charge in [-0.1, -0.05) is 42.3 Å². The SMILES string of the molecule is CCN(CC(=O)Nc1cc(Cl)ccc1Cl)CC1COc2ccccc2O1. The van der Waals surface area contributed by atoms with Crippen molar-refractivity contribution in [3.8, 4) is 11.5 Å². The number of nitrogens with one attached hydrogen (secondary N) is 1. The van der Waals surface area contributed by atoms with E-state index in [1.807, 2.05) is 36.1 Å². The van der Waals surface area contributed by atoms with Crippen molar-refractivity contribution in [2.45, 2.75) is 13.0 Å². The van der Waals surface area contributed by atoms with Crippen molar-refractivity contribution in [3.63, 3.8) is 0 Å². The van der Waals surface area contributed by atoms with Gasteiger partial charge in [-0.2, -0.15) is 0 Å². The van der Waals surface area contributed by atoms with Crippen LogP contribution in [-0.2, 0) is 4.79 Å². The van der Waals surface area contributed by atoms with Crippen LogP contribution in [0.4, 0.5) is 5.69 Å². The number of anilines is 1. The number of nitrogens with zero attached hydrogens (tertiary/aromatic N) is 1. The van der Waals surface area contributed by atoms with Crippen molar-refractivity contribution in [2.24, 2.45) is 0 Å². The van der Waals surface area contributed by atoms with Gasteiger partial charge >= 0.3 is 0 Å². The molecule has 0 spiro atoms. The number of carbonyl (C=O) groups excluding carboxylic acids is 1. The van der Waals surface area contributed by atoms with Gasteiger partial charge < -0.3 is 14.8 Å². The Labute approximate surface area is 162 Å². The van der Waals surface area contributed by atoms with Crippen molar-refractivity contribution in [1.82, 2.24) is 4.90 Å². The quantitative estimate of drug-likeness (QED) is 0.801. The van der Waals surface area contributed by atoms with Gasteiger partial charge in [0.2, 0.25) is 5.91 Å². The number of para-hydroxylation sites is 2. The minimum absolute atomic E-state index is 0.132. The van der Waals surface area contributed by atoms with Crippen LogP contribution in [0.25, 0.3) is 0 Å². The minimum Gasteiger partial charge on any atom is -0.486 e. The zero-order valence-electron chi connectivity index (χ0n) is 14.4. The molecule has 1 N–H and O–H groups in total. The molecule has 1 aliphatic rings. The molecule has 0 radical (unpaired) electrons. The molecule has 0 aromatic heterocycles. The predicted molar refractivity (Wildman–Crippen MR) is 104 cm³/mol. The average molecular weight is 395 g/mol. The highest BCUT2D eigenvalue weighted by atomic mass is 35.5. The van der Waals surface area contributed by atoms with Gasteiger partial charge in [-0.15, -0.1) is 0 Å². The topological polar surface area (TPSA) is 50.8 Å². The zero-order valence-corrected chi connectivity index (χ0v) is 15.9. The Morgan fingerprint density at radius 1 is 1.23 bits per heavy atom. The van der Waals surface area contributed by atoms with E-state index in [9.17, 15) is 4.79 Å². The molecule has 1 unspecified atom stereocenters. The molecule has 0 bridgehead atoms. The fraction of sp³-hybridized carbons (Fsp3) is 0.316. The number of likely N-dealkylation sites (N-methyl/N-ethyl adjacent to an activating group) is 1. The van der Waals surface area contributed by atoms with E-state index in [1.54, 1.807) is 18.2 Å². The molecular weight excluding hydrogens is 375 g/mol. The molecular formula is C19H20Cl2N2O3. The van der Waals surface area contributed by atoms with Gasteiger partial charge in [0.25, 0.3) is 0 Å². The van der Waals surface area contributed by atoms with Gasteiger partial charge in [0.15, 0.2) is 11.5 Å². The molecule has 3 rings (SSSR count). The molecule has 2 aromatic rings. The molecule has 0 aliphatic carbocycles. The molecule has 1 heterocycles. The second kappa shape index (κ2) is 8.62. The maximum atomic E-state index is 12.4. The van der Waals surface area contributed by atoms with Gasteiger partial charge in [0.05, 0.1) is 17.3 Å². The van der Waals surface area contributed by atoms with Crippen LogP contribution >= 0.6 is 23.2 Å². The van der Waals surface area contributed by atoms with Crippen LogP contribution in [0.15, 0.2) is 42.5 Å². The lowest BCUT2D eigenvalue weighted by Crippen LogP contribution is -2.43. The minimum atomic E-state index is -0.159. The molecule has 5 nitrogen and oxygen atoms in total. The summed E-state index contributed by atoms with van der Waals surface area (Å²) in [5.74, 6) is 1.32. The van der Waals surface area contributed by atoms with Gasteiger partial charge in [-0.25, -0.2) is 0 Å². The first-order valence-electron chi connectivity index (χ1n) is 8.41. The van der Waals surface area contributed by atoms with Crippen molar-refractivity contribution in [2.75, 3.05) is 31.6 Å². The summed E-state index contributed by atoms with van der Waals surface area (Å²) < 4.78 is 11.7. The zero-order chi connectivity index (χ0) is 18.5. The molecule has 7 heteroatoms. The third-order valence-electron chi connectivity index (χ3n) is 4.05. The molecule has 0 fully saturated rings. The fourth-order valence-corrected chi connectivity index (χ4v) is 3.07. The molecule has 1 atom stereocenters. The van der Waals surface area contributed by atoms with E-state index in [2.05, 4.69) is 5.32 Å². The van der Waals surface area contributed by atoms with Crippen LogP contribution in [0, 0.1) is 0 Å². The lowest BCUT2D eigenvalue weighted by molar-refractivity contribution is -0.117. The maximum Gasteiger partial charge on any atom is 0.238 e. The number of hydrogen-bond donors (Lipinski definition) is 1. The van der Waals surface area contributed by atoms with E-state index in [1.165, 1.54) is 0 Å². The summed E-state index contributed by atoms with van der Waals surface area (Å²) in [5, 5.41) is 3.77. The summed E-state index contributed by atoms with van der Waals surface area (Å²) in [4.78, 5) is 14.4. The van der Waals surface area contributed by atoms with Gasteiger partial charge in [0.1, 0.15) is 12.7 Å². The standard InChI is InChI=1S/C19H20Cl2N2O3/c1-2-23(10-14-12-25-17-5-3-4-6-18(17)26-14)11-19(24)22-16-9-13(20)7-8-15(16)21/h3-9,14H,2,10-12H2,1H3,(H,22,24). The summed E-state index contributed by atoms with van der Waals surface area (Å²) in [6.07, 6.45) is -0.132. The highest BCUT2D eigenvalue weighted by Crippen LogP contribution is 2.31. The van der Waals surface area contributed by atoms with Crippen molar-refractivity contribution < 1.29 is 14.3 Å². The third-order valence-corrected chi connectivity index (χ3v) is 4.61. The number of amides is 1. The Bertz CT molecular complexity index is 785. The molecule has 0 saturated heterocycles. The normalized spacial score (nSPS) is 15.8. The largest absolute Gasteiger partial charge is 0.486 e. The highest BCUT2D eigenvalue weighted by molar-refractivity contribution is 6.35. The maximum absolute atomic E-state index is 12.4. The Hall–Kier alpha value is -1.95. The molecule has 1 aliphatic heterocycles. The van der Waals surface area contributed by atoms with E-state index in [0.717, 1.165) is 11.5 Å². The number of fused-ring (bicyclic) bond motifs is 1. The summed E-state index contributed by atoms with van der Waals surface area (Å²) in [7, 11) is 0. The van der Waals surface area contributed by atoms with Gasteiger partial charge in [0, 0.05) is 11.6 Å². The molecule has 1 amide bonds. The van der Waals surface area contributed by atoms with E-state index >= 15 is 0 Å². The average Bonchev–Trinajstić information content (AvgIpc) is 2.64. The summed E-state index contributed by atoms with van der Waals surface area (Å²) in [5.41, 5.74) is 0.506. The van der Waals surface area contributed by atoms with Crippen molar-refractivity contribution in [3.05, 3.63) is 52.5 Å². The number of benzene rings is 2. The van der Waals surface area contributed by atoms with Crippen LogP contribution in [0.2, 0.25) is 10.0 Å². The lowest BCUT2D eigenvalue weighted by Gasteiger charge is -2.30. The van der Waals surface area contributed by atoms with Crippen LogP contribution in [0.1, 0.15) is 6.92 Å². The summed E-state index contributed by atoms with van der Waals surface area (Å²) in [6, 6.07) is 12.5. The Morgan fingerprint density at radius 2 is 2.00 bits per heavy atom.